The Balaban J connectivity index is 1.67. The second-order valence-corrected chi connectivity index (χ2v) is 4.41. The molecule has 1 aliphatic heterocycles. The molecule has 2 rings (SSSR count). The van der Waals surface area contributed by atoms with Crippen molar-refractivity contribution in [3.8, 4) is 0 Å². The van der Waals surface area contributed by atoms with Gasteiger partial charge in [-0.1, -0.05) is 17.8 Å². The molecule has 1 fully saturated rings. The minimum absolute atomic E-state index is 0.199. The van der Waals surface area contributed by atoms with E-state index in [-0.39, 0.29) is 6.03 Å². The van der Waals surface area contributed by atoms with Crippen LogP contribution in [-0.4, -0.2) is 23.5 Å². The topological polar surface area (TPSA) is 53.5 Å². The number of aliphatic imine (C=N–C) groups is 1. The Kier molecular flexibility index (Phi) is 3.08. The van der Waals surface area contributed by atoms with E-state index in [0.29, 0.717) is 5.92 Å². The summed E-state index contributed by atoms with van der Waals surface area (Å²) in [6, 6.07) is -0.199. The number of amidine groups is 1. The van der Waals surface area contributed by atoms with Crippen LogP contribution >= 0.6 is 11.8 Å². The first-order valence-electron chi connectivity index (χ1n) is 4.76. The molecule has 0 radical (unpaired) electrons. The van der Waals surface area contributed by atoms with Crippen LogP contribution in [0.25, 0.3) is 0 Å². The van der Waals surface area contributed by atoms with E-state index in [2.05, 4.69) is 15.6 Å². The zero-order valence-corrected chi connectivity index (χ0v) is 8.64. The first-order valence-corrected chi connectivity index (χ1v) is 5.74. The predicted octanol–water partition coefficient (Wildman–Crippen LogP) is 1.31. The Morgan fingerprint density at radius 3 is 3.07 bits per heavy atom. The van der Waals surface area contributed by atoms with Crippen molar-refractivity contribution in [2.75, 3.05) is 12.3 Å². The highest BCUT2D eigenvalue weighted by Gasteiger charge is 2.17. The van der Waals surface area contributed by atoms with Crippen LogP contribution in [0.1, 0.15) is 12.8 Å². The molecule has 1 heterocycles. The molecule has 0 spiro atoms. The highest BCUT2D eigenvalue weighted by Crippen LogP contribution is 2.29. The third-order valence-electron chi connectivity index (χ3n) is 2.01. The Morgan fingerprint density at radius 1 is 1.57 bits per heavy atom. The van der Waals surface area contributed by atoms with Gasteiger partial charge in [-0.3, -0.25) is 10.3 Å². The number of carbonyl (C=O) groups excluding carboxylic acids is 1. The normalized spacial score (nSPS) is 21.0. The Morgan fingerprint density at radius 2 is 2.43 bits per heavy atom. The molecule has 0 aromatic rings. The number of hydrogen-bond donors (Lipinski definition) is 2. The molecule has 0 bridgehead atoms. The lowest BCUT2D eigenvalue weighted by atomic mass is 10.4. The fourth-order valence-electron chi connectivity index (χ4n) is 1.09. The van der Waals surface area contributed by atoms with Gasteiger partial charge in [-0.25, -0.2) is 4.79 Å². The van der Waals surface area contributed by atoms with Crippen molar-refractivity contribution in [1.82, 2.24) is 10.6 Å². The lowest BCUT2D eigenvalue weighted by Crippen LogP contribution is -2.34. The molecule has 1 saturated carbocycles. The van der Waals surface area contributed by atoms with Crippen LogP contribution in [0.4, 0.5) is 4.79 Å². The van der Waals surface area contributed by atoms with Gasteiger partial charge in [0, 0.05) is 12.0 Å². The van der Waals surface area contributed by atoms with Crippen molar-refractivity contribution in [2.24, 2.45) is 10.9 Å². The van der Waals surface area contributed by atoms with Gasteiger partial charge in [0.15, 0.2) is 5.17 Å². The van der Waals surface area contributed by atoms with Crippen molar-refractivity contribution in [3.05, 3.63) is 12.3 Å². The number of hydrogen-bond acceptors (Lipinski definition) is 3. The summed E-state index contributed by atoms with van der Waals surface area (Å²) in [4.78, 5) is 15.3. The summed E-state index contributed by atoms with van der Waals surface area (Å²) < 4.78 is 0. The third-order valence-corrected chi connectivity index (χ3v) is 2.90. The Labute approximate surface area is 87.2 Å². The third kappa shape index (κ3) is 3.06. The van der Waals surface area contributed by atoms with Gasteiger partial charge in [0.25, 0.3) is 0 Å². The number of amides is 2. The maximum Gasteiger partial charge on any atom is 0.324 e. The van der Waals surface area contributed by atoms with E-state index >= 15 is 0 Å². The van der Waals surface area contributed by atoms with E-state index in [1.165, 1.54) is 12.8 Å². The monoisotopic (exact) mass is 211 g/mol. The summed E-state index contributed by atoms with van der Waals surface area (Å²) in [5, 5.41) is 6.07. The number of thioether (sulfide) groups is 1. The van der Waals surface area contributed by atoms with E-state index in [4.69, 9.17) is 0 Å². The summed E-state index contributed by atoms with van der Waals surface area (Å²) in [5.41, 5.74) is 0. The number of carbonyl (C=O) groups is 1. The van der Waals surface area contributed by atoms with Crippen molar-refractivity contribution in [1.29, 1.82) is 0 Å². The number of allylic oxidation sites excluding steroid dienone is 1. The lowest BCUT2D eigenvalue weighted by Gasteiger charge is -2.01. The molecule has 1 aliphatic carbocycles. The summed E-state index contributed by atoms with van der Waals surface area (Å²) in [6.07, 6.45) is 6.25. The molecule has 0 aromatic carbocycles. The molecule has 5 heteroatoms. The van der Waals surface area contributed by atoms with Crippen LogP contribution in [0.2, 0.25) is 0 Å². The molecule has 2 N–H and O–H groups in total. The second kappa shape index (κ2) is 4.50. The Hall–Kier alpha value is -0.970. The van der Waals surface area contributed by atoms with Crippen molar-refractivity contribution >= 4 is 23.0 Å². The molecular weight excluding hydrogens is 198 g/mol. The number of nitrogens with one attached hydrogen (secondary N) is 2. The number of rotatable bonds is 2. The smallest absolute Gasteiger partial charge is 0.315 e. The van der Waals surface area contributed by atoms with Gasteiger partial charge in [-0.2, -0.15) is 0 Å². The zero-order valence-electron chi connectivity index (χ0n) is 7.82. The van der Waals surface area contributed by atoms with Crippen LogP contribution < -0.4 is 10.6 Å². The van der Waals surface area contributed by atoms with E-state index in [9.17, 15) is 4.79 Å². The maximum absolute atomic E-state index is 11.2. The first-order chi connectivity index (χ1) is 6.84. The fraction of sp³-hybridized carbons (Fsp3) is 0.556. The minimum atomic E-state index is -0.199. The lowest BCUT2D eigenvalue weighted by molar-refractivity contribution is 0.248. The van der Waals surface area contributed by atoms with Crippen LogP contribution in [0.5, 0.6) is 0 Å². The van der Waals surface area contributed by atoms with Gasteiger partial charge < -0.3 is 5.32 Å². The number of urea groups is 1. The van der Waals surface area contributed by atoms with Crippen LogP contribution in [0, 0.1) is 5.92 Å². The van der Waals surface area contributed by atoms with E-state index in [1.54, 1.807) is 18.0 Å². The van der Waals surface area contributed by atoms with Gasteiger partial charge in [0.1, 0.15) is 0 Å². The fourth-order valence-corrected chi connectivity index (χ4v) is 1.82. The minimum Gasteiger partial charge on any atom is -0.315 e. The van der Waals surface area contributed by atoms with Gasteiger partial charge in [0.2, 0.25) is 0 Å². The summed E-state index contributed by atoms with van der Waals surface area (Å²) in [6.45, 7) is 0.804. The van der Waals surface area contributed by atoms with E-state index in [0.717, 1.165) is 17.5 Å². The molecule has 0 saturated heterocycles. The molecule has 0 atom stereocenters. The largest absolute Gasteiger partial charge is 0.324 e. The summed E-state index contributed by atoms with van der Waals surface area (Å²) in [5.74, 6) is 1.65. The molecule has 0 aromatic heterocycles. The van der Waals surface area contributed by atoms with Gasteiger partial charge in [-0.05, 0) is 18.8 Å². The maximum atomic E-state index is 11.2. The highest BCUT2D eigenvalue weighted by atomic mass is 32.2. The SMILES string of the molecule is O=C(N/C=C/C1CC1)NC1=NCCS1. The van der Waals surface area contributed by atoms with Gasteiger partial charge in [-0.15, -0.1) is 0 Å². The van der Waals surface area contributed by atoms with Crippen molar-refractivity contribution in [2.45, 2.75) is 12.8 Å². The van der Waals surface area contributed by atoms with E-state index in [1.807, 2.05) is 6.08 Å². The van der Waals surface area contributed by atoms with Crippen LogP contribution in [-0.2, 0) is 0 Å². The zero-order chi connectivity index (χ0) is 9.80. The molecule has 14 heavy (non-hydrogen) atoms. The molecular formula is C9H13N3OS. The standard InChI is InChI=1S/C9H13N3OS/c13-8(10-4-3-7-1-2-7)12-9-11-5-6-14-9/h3-4,7H,1-2,5-6H2,(H2,10,11,12,13)/b4-3+. The molecule has 0 unspecified atom stereocenters. The van der Waals surface area contributed by atoms with E-state index < -0.39 is 0 Å². The van der Waals surface area contributed by atoms with Crippen molar-refractivity contribution in [3.63, 3.8) is 0 Å². The first kappa shape index (κ1) is 9.58. The van der Waals surface area contributed by atoms with Gasteiger partial charge in [0.05, 0.1) is 6.54 Å². The predicted molar refractivity (Wildman–Crippen MR) is 58.3 cm³/mol. The molecule has 4 nitrogen and oxygen atoms in total. The van der Waals surface area contributed by atoms with Crippen molar-refractivity contribution < 1.29 is 4.79 Å². The quantitative estimate of drug-likeness (QED) is 0.723. The molecule has 76 valence electrons. The summed E-state index contributed by atoms with van der Waals surface area (Å²) >= 11 is 1.58. The second-order valence-electron chi connectivity index (χ2n) is 3.33. The average molecular weight is 211 g/mol. The Bertz CT molecular complexity index is 284. The van der Waals surface area contributed by atoms with Crippen LogP contribution in [0.3, 0.4) is 0 Å². The average Bonchev–Trinajstić information content (AvgIpc) is 2.83. The summed E-state index contributed by atoms with van der Waals surface area (Å²) in [7, 11) is 0. The highest BCUT2D eigenvalue weighted by molar-refractivity contribution is 8.14. The van der Waals surface area contributed by atoms with Gasteiger partial charge >= 0.3 is 6.03 Å². The number of nitrogens with zero attached hydrogens (tertiary/aromatic N) is 1. The molecule has 2 amide bonds. The molecule has 2 aliphatic rings. The van der Waals surface area contributed by atoms with Crippen LogP contribution in [0.15, 0.2) is 17.3 Å².